The molecule has 1 unspecified atom stereocenters. The van der Waals surface area contributed by atoms with Gasteiger partial charge in [-0.15, -0.1) is 0 Å². The number of phosphoric acid groups is 1. The fraction of sp³-hybridized carbons (Fsp3) is 0.950. The molecule has 0 aromatic rings. The number of nitrogens with zero attached hydrogens (tertiary/aromatic N) is 1. The maximum Gasteiger partial charge on any atom is 0.472 e. The number of quaternary nitrogens is 1. The van der Waals surface area contributed by atoms with Gasteiger partial charge in [-0.25, -0.2) is 4.57 Å². The molecule has 0 spiro atoms. The van der Waals surface area contributed by atoms with Gasteiger partial charge < -0.3 is 18.9 Å². The fourth-order valence-electron chi connectivity index (χ4n) is 5.84. The highest BCUT2D eigenvalue weighted by molar-refractivity contribution is 7.47. The zero-order chi connectivity index (χ0) is 37.2. The summed E-state index contributed by atoms with van der Waals surface area (Å²) in [7, 11) is 1.49. The zero-order valence-electron chi connectivity index (χ0n) is 33.4. The lowest BCUT2D eigenvalue weighted by molar-refractivity contribution is -0.870. The molecule has 0 aromatic heterocycles. The molecule has 0 aliphatic rings. The second-order valence-electron chi connectivity index (χ2n) is 15.4. The van der Waals surface area contributed by atoms with Gasteiger partial charge in [0.25, 0.3) is 0 Å². The van der Waals surface area contributed by atoms with Gasteiger partial charge in [-0.1, -0.05) is 168 Å². The van der Waals surface area contributed by atoms with Crippen molar-refractivity contribution < 1.29 is 42.1 Å². The van der Waals surface area contributed by atoms with Crippen molar-refractivity contribution in [3.63, 3.8) is 0 Å². The first-order chi connectivity index (χ1) is 24.0. The number of ether oxygens (including phenoxy) is 2. The summed E-state index contributed by atoms with van der Waals surface area (Å²) >= 11 is 0. The molecule has 0 aliphatic carbocycles. The Labute approximate surface area is 308 Å². The molecule has 0 saturated heterocycles. The van der Waals surface area contributed by atoms with Gasteiger partial charge in [0.1, 0.15) is 19.8 Å². The van der Waals surface area contributed by atoms with Crippen molar-refractivity contribution in [2.45, 2.75) is 200 Å². The molecule has 0 aliphatic heterocycles. The van der Waals surface area contributed by atoms with Gasteiger partial charge in [-0.2, -0.15) is 0 Å². The normalized spacial score (nSPS) is 13.6. The average Bonchev–Trinajstić information content (AvgIpc) is 3.06. The van der Waals surface area contributed by atoms with E-state index < -0.39 is 26.5 Å². The molecule has 0 amide bonds. The smallest absolute Gasteiger partial charge is 0.462 e. The summed E-state index contributed by atoms with van der Waals surface area (Å²) in [5.41, 5.74) is 0. The maximum atomic E-state index is 12.6. The first kappa shape index (κ1) is 49.0. The number of rotatable bonds is 38. The van der Waals surface area contributed by atoms with Gasteiger partial charge >= 0.3 is 19.8 Å². The van der Waals surface area contributed by atoms with Crippen molar-refractivity contribution in [1.82, 2.24) is 0 Å². The van der Waals surface area contributed by atoms with Crippen molar-refractivity contribution in [1.29, 1.82) is 0 Å². The minimum atomic E-state index is -4.36. The summed E-state index contributed by atoms with van der Waals surface area (Å²) in [5, 5.41) is 0. The number of esters is 2. The molecular weight excluding hydrogens is 653 g/mol. The molecule has 10 heteroatoms. The molecule has 0 rings (SSSR count). The second kappa shape index (κ2) is 33.8. The van der Waals surface area contributed by atoms with Gasteiger partial charge in [0.15, 0.2) is 6.10 Å². The van der Waals surface area contributed by atoms with E-state index >= 15 is 0 Å². The lowest BCUT2D eigenvalue weighted by atomic mass is 10.0. The highest BCUT2D eigenvalue weighted by Crippen LogP contribution is 2.43. The summed E-state index contributed by atoms with van der Waals surface area (Å²) in [6.45, 7) is 4.44. The van der Waals surface area contributed by atoms with E-state index in [2.05, 4.69) is 13.8 Å². The third kappa shape index (κ3) is 36.8. The van der Waals surface area contributed by atoms with E-state index in [1.165, 1.54) is 128 Å². The van der Waals surface area contributed by atoms with Crippen LogP contribution in [0, 0.1) is 0 Å². The topological polar surface area (TPSA) is 108 Å². The first-order valence-electron chi connectivity index (χ1n) is 20.8. The van der Waals surface area contributed by atoms with Crippen LogP contribution in [0.3, 0.4) is 0 Å². The molecule has 0 radical (unpaired) electrons. The largest absolute Gasteiger partial charge is 0.472 e. The number of likely N-dealkylation sites (N-methyl/N-ethyl adjacent to an activating group) is 1. The van der Waals surface area contributed by atoms with Crippen LogP contribution in [0.1, 0.15) is 194 Å². The number of unbranched alkanes of at least 4 members (excludes halogenated alkanes) is 24. The highest BCUT2D eigenvalue weighted by atomic mass is 31.2. The summed E-state index contributed by atoms with van der Waals surface area (Å²) < 4.78 is 34.2. The van der Waals surface area contributed by atoms with Crippen LogP contribution in [0.5, 0.6) is 0 Å². The van der Waals surface area contributed by atoms with Crippen LogP contribution >= 0.6 is 7.82 Å². The second-order valence-corrected chi connectivity index (χ2v) is 16.8. The molecule has 0 aromatic carbocycles. The molecular formula is C40H81NO8P+. The van der Waals surface area contributed by atoms with Gasteiger partial charge in [0, 0.05) is 12.8 Å². The van der Waals surface area contributed by atoms with Crippen LogP contribution in [0.25, 0.3) is 0 Å². The summed E-state index contributed by atoms with van der Waals surface area (Å²) in [6.07, 6.45) is 31.4. The molecule has 50 heavy (non-hydrogen) atoms. The Morgan fingerprint density at radius 1 is 0.540 bits per heavy atom. The number of hydrogen-bond acceptors (Lipinski definition) is 7. The molecule has 2 atom stereocenters. The predicted octanol–water partition coefficient (Wildman–Crippen LogP) is 11.2. The Balaban J connectivity index is 4.35. The lowest BCUT2D eigenvalue weighted by Gasteiger charge is -2.24. The lowest BCUT2D eigenvalue weighted by Crippen LogP contribution is -2.37. The Hall–Kier alpha value is -0.990. The number of carbonyl (C=O) groups is 2. The van der Waals surface area contributed by atoms with Crippen LogP contribution in [-0.4, -0.2) is 74.9 Å². The summed E-state index contributed by atoms with van der Waals surface area (Å²) in [5.74, 6) is -0.787. The number of hydrogen-bond donors (Lipinski definition) is 1. The van der Waals surface area contributed by atoms with Gasteiger partial charge in [-0.05, 0) is 12.8 Å². The van der Waals surface area contributed by atoms with Crippen LogP contribution in [0.15, 0.2) is 0 Å². The van der Waals surface area contributed by atoms with Gasteiger partial charge in [0.2, 0.25) is 0 Å². The Morgan fingerprint density at radius 2 is 0.900 bits per heavy atom. The fourth-order valence-corrected chi connectivity index (χ4v) is 6.58. The van der Waals surface area contributed by atoms with Crippen LogP contribution < -0.4 is 0 Å². The molecule has 0 saturated carbocycles. The first-order valence-corrected chi connectivity index (χ1v) is 22.3. The van der Waals surface area contributed by atoms with E-state index in [9.17, 15) is 19.0 Å². The molecule has 298 valence electrons. The van der Waals surface area contributed by atoms with E-state index in [1.807, 2.05) is 21.1 Å². The zero-order valence-corrected chi connectivity index (χ0v) is 34.3. The van der Waals surface area contributed by atoms with E-state index in [0.29, 0.717) is 17.4 Å². The van der Waals surface area contributed by atoms with Crippen molar-refractivity contribution >= 4 is 19.8 Å². The molecule has 1 N–H and O–H groups in total. The van der Waals surface area contributed by atoms with Gasteiger partial charge in [-0.3, -0.25) is 18.6 Å². The number of carbonyl (C=O) groups excluding carboxylic acids is 2. The number of phosphoric ester groups is 1. The molecule has 0 heterocycles. The summed E-state index contributed by atoms with van der Waals surface area (Å²) in [4.78, 5) is 35.2. The van der Waals surface area contributed by atoms with E-state index in [-0.39, 0.29) is 25.6 Å². The van der Waals surface area contributed by atoms with Crippen LogP contribution in [0.4, 0.5) is 0 Å². The van der Waals surface area contributed by atoms with Crippen molar-refractivity contribution in [3.8, 4) is 0 Å². The van der Waals surface area contributed by atoms with Crippen molar-refractivity contribution in [3.05, 3.63) is 0 Å². The SMILES string of the molecule is CCCCCCCCCCCCCCCCC(=O)OC[C@H](COP(=O)(O)OCC[N+](C)(C)C)OC(=O)CCCCCCCCCCCCCC. The third-order valence-corrected chi connectivity index (χ3v) is 10.1. The van der Waals surface area contributed by atoms with Crippen molar-refractivity contribution in [2.24, 2.45) is 0 Å². The van der Waals surface area contributed by atoms with Crippen LogP contribution in [-0.2, 0) is 32.7 Å². The quantitative estimate of drug-likeness (QED) is 0.0289. The Morgan fingerprint density at radius 3 is 1.28 bits per heavy atom. The van der Waals surface area contributed by atoms with Gasteiger partial charge in [0.05, 0.1) is 27.7 Å². The third-order valence-electron chi connectivity index (χ3n) is 9.14. The van der Waals surface area contributed by atoms with E-state index in [1.54, 1.807) is 0 Å². The summed E-state index contributed by atoms with van der Waals surface area (Å²) in [6, 6.07) is 0. The van der Waals surface area contributed by atoms with Crippen molar-refractivity contribution in [2.75, 3.05) is 47.5 Å². The predicted molar refractivity (Wildman–Crippen MR) is 206 cm³/mol. The standard InChI is InChI=1S/C40H80NO8P/c1-6-8-10-12-14-16-18-20-21-23-24-26-28-30-32-39(42)46-36-38(37-48-50(44,45)47-35-34-41(3,4)5)49-40(43)33-31-29-27-25-22-19-17-15-13-11-9-7-2/h38H,6-37H2,1-5H3/p+1/t38-/m1/s1. The monoisotopic (exact) mass is 735 g/mol. The highest BCUT2D eigenvalue weighted by Gasteiger charge is 2.27. The van der Waals surface area contributed by atoms with E-state index in [0.717, 1.165) is 38.5 Å². The minimum absolute atomic E-state index is 0.0366. The van der Waals surface area contributed by atoms with E-state index in [4.69, 9.17) is 18.5 Å². The molecule has 9 nitrogen and oxygen atoms in total. The van der Waals surface area contributed by atoms with Crippen LogP contribution in [0.2, 0.25) is 0 Å². The molecule has 0 bridgehead atoms. The Bertz CT molecular complexity index is 835. The minimum Gasteiger partial charge on any atom is -0.462 e. The average molecular weight is 735 g/mol. The molecule has 0 fully saturated rings. The maximum absolute atomic E-state index is 12.6. The Kier molecular flexibility index (Phi) is 33.2.